The van der Waals surface area contributed by atoms with E-state index in [1.165, 1.54) is 24.5 Å². The Balaban J connectivity index is 1.85. The zero-order valence-electron chi connectivity index (χ0n) is 23.0. The molecule has 0 spiro atoms. The normalized spacial score (nSPS) is 20.7. The Morgan fingerprint density at radius 3 is 2.09 bits per heavy atom. The number of alkyl halides is 7. The van der Waals surface area contributed by atoms with Gasteiger partial charge in [0.25, 0.3) is 5.91 Å². The highest BCUT2D eigenvalue weighted by Gasteiger charge is 2.73. The van der Waals surface area contributed by atoms with Crippen LogP contribution in [0.4, 0.5) is 41.2 Å². The van der Waals surface area contributed by atoms with Crippen molar-refractivity contribution in [1.29, 1.82) is 0 Å². The summed E-state index contributed by atoms with van der Waals surface area (Å²) >= 11 is 0. The lowest BCUT2D eigenvalue weighted by molar-refractivity contribution is -0.348. The summed E-state index contributed by atoms with van der Waals surface area (Å²) in [6.45, 7) is -0.466. The second-order valence-corrected chi connectivity index (χ2v) is 10.8. The molecule has 1 saturated carbocycles. The summed E-state index contributed by atoms with van der Waals surface area (Å²) in [4.78, 5) is 45.2. The summed E-state index contributed by atoms with van der Waals surface area (Å²) in [7, 11) is 0. The minimum atomic E-state index is -6.39. The number of nitrogens with zero attached hydrogens (tertiary/aromatic N) is 3. The number of benzene rings is 1. The lowest BCUT2D eigenvalue weighted by Gasteiger charge is -2.36. The number of hydrogen-bond acceptors (Lipinski definition) is 5. The zero-order valence-corrected chi connectivity index (χ0v) is 23.0. The van der Waals surface area contributed by atoms with E-state index in [1.807, 2.05) is 0 Å². The molecule has 9 nitrogen and oxygen atoms in total. The number of aliphatic hydroxyl groups excluding tert-OH is 1. The van der Waals surface area contributed by atoms with E-state index in [0.29, 0.717) is 29.9 Å². The molecule has 240 valence electrons. The summed E-state index contributed by atoms with van der Waals surface area (Å²) in [5.41, 5.74) is -7.90. The van der Waals surface area contributed by atoms with Crippen LogP contribution in [0, 0.1) is 0 Å². The number of nitrogens with one attached hydrogen (secondary N) is 1. The Hall–Kier alpha value is -3.95. The monoisotopic (exact) mass is 634 g/mol. The summed E-state index contributed by atoms with van der Waals surface area (Å²) in [6, 6.07) is 0.971. The maximum absolute atomic E-state index is 14.8. The number of amides is 3. The smallest absolute Gasteiger partial charge is 0.435 e. The Bertz CT molecular complexity index is 1320. The highest BCUT2D eigenvalue weighted by Crippen LogP contribution is 2.53. The standard InChI is InChI=1S/C28H29F7N4O5/c29-26(27(30,31)32,28(33,34)35)17-8-10-19(11-9-17)39(24(42)21-13-20(40)15-38(21)25(43)44)22(16-5-4-12-36-14-16)23(41)37-18-6-2-1-3-7-18/h4-5,8-12,14,18,20-22,40H,1-3,6-7,13,15H2,(H,37,41)(H,43,44)/t20-,21-,22?/m1/s1. The fourth-order valence-electron chi connectivity index (χ4n) is 5.65. The first-order chi connectivity index (χ1) is 20.6. The molecule has 0 radical (unpaired) electrons. The van der Waals surface area contributed by atoms with E-state index < -0.39 is 78.3 Å². The van der Waals surface area contributed by atoms with Crippen molar-refractivity contribution in [3.05, 3.63) is 59.9 Å². The van der Waals surface area contributed by atoms with Crippen molar-refractivity contribution in [3.63, 3.8) is 0 Å². The van der Waals surface area contributed by atoms with Gasteiger partial charge in [0.2, 0.25) is 5.91 Å². The molecule has 2 aliphatic rings. The molecule has 4 rings (SSSR count). The van der Waals surface area contributed by atoms with Gasteiger partial charge in [-0.15, -0.1) is 0 Å². The Morgan fingerprint density at radius 1 is 0.955 bits per heavy atom. The van der Waals surface area contributed by atoms with Gasteiger partial charge in [0.15, 0.2) is 0 Å². The second kappa shape index (κ2) is 12.6. The summed E-state index contributed by atoms with van der Waals surface area (Å²) < 4.78 is 95.2. The number of rotatable bonds is 7. The lowest BCUT2D eigenvalue weighted by atomic mass is 9.93. The van der Waals surface area contributed by atoms with Gasteiger partial charge in [-0.05, 0) is 31.0 Å². The van der Waals surface area contributed by atoms with Crippen LogP contribution < -0.4 is 10.2 Å². The van der Waals surface area contributed by atoms with E-state index >= 15 is 0 Å². The molecule has 2 heterocycles. The summed E-state index contributed by atoms with van der Waals surface area (Å²) in [5.74, 6) is -1.87. The van der Waals surface area contributed by atoms with Crippen molar-refractivity contribution in [2.24, 2.45) is 0 Å². The van der Waals surface area contributed by atoms with Crippen molar-refractivity contribution in [2.75, 3.05) is 11.4 Å². The molecule has 1 aliphatic heterocycles. The van der Waals surface area contributed by atoms with Crippen molar-refractivity contribution in [2.45, 2.75) is 80.8 Å². The van der Waals surface area contributed by atoms with Crippen LogP contribution in [0.15, 0.2) is 48.8 Å². The average Bonchev–Trinajstić information content (AvgIpc) is 3.37. The van der Waals surface area contributed by atoms with Gasteiger partial charge in [0.1, 0.15) is 12.1 Å². The Labute approximate surface area is 246 Å². The second-order valence-electron chi connectivity index (χ2n) is 10.8. The number of carbonyl (C=O) groups excluding carboxylic acids is 2. The van der Waals surface area contributed by atoms with E-state index in [-0.39, 0.29) is 23.7 Å². The van der Waals surface area contributed by atoms with Crippen LogP contribution in [0.1, 0.15) is 55.7 Å². The van der Waals surface area contributed by atoms with E-state index in [4.69, 9.17) is 0 Å². The first kappa shape index (κ1) is 33.0. The topological polar surface area (TPSA) is 123 Å². The van der Waals surface area contributed by atoms with Crippen LogP contribution >= 0.6 is 0 Å². The van der Waals surface area contributed by atoms with E-state index in [1.54, 1.807) is 0 Å². The van der Waals surface area contributed by atoms with E-state index in [9.17, 15) is 55.3 Å². The predicted molar refractivity (Wildman–Crippen MR) is 140 cm³/mol. The molecule has 3 N–H and O–H groups in total. The molecule has 0 bridgehead atoms. The molecule has 2 aromatic rings. The van der Waals surface area contributed by atoms with Crippen molar-refractivity contribution in [1.82, 2.24) is 15.2 Å². The average molecular weight is 635 g/mol. The minimum absolute atomic E-state index is 0.0871. The van der Waals surface area contributed by atoms with Crippen LogP contribution in [-0.2, 0) is 15.3 Å². The number of carbonyl (C=O) groups is 3. The van der Waals surface area contributed by atoms with Crippen LogP contribution in [0.2, 0.25) is 0 Å². The Morgan fingerprint density at radius 2 is 1.57 bits per heavy atom. The van der Waals surface area contributed by atoms with Crippen molar-refractivity contribution in [3.8, 4) is 0 Å². The number of aromatic nitrogens is 1. The third-order valence-electron chi connectivity index (χ3n) is 7.83. The third kappa shape index (κ3) is 6.44. The molecule has 2 fully saturated rings. The first-order valence-corrected chi connectivity index (χ1v) is 13.7. The molecule has 3 atom stereocenters. The molecular formula is C28H29F7N4O5. The minimum Gasteiger partial charge on any atom is -0.465 e. The number of anilines is 1. The predicted octanol–water partition coefficient (Wildman–Crippen LogP) is 5.01. The highest BCUT2D eigenvalue weighted by molar-refractivity contribution is 6.04. The van der Waals surface area contributed by atoms with Crippen LogP contribution in [0.3, 0.4) is 0 Å². The molecular weight excluding hydrogens is 605 g/mol. The maximum atomic E-state index is 14.8. The van der Waals surface area contributed by atoms with E-state index in [0.717, 1.165) is 24.2 Å². The van der Waals surface area contributed by atoms with Gasteiger partial charge in [-0.25, -0.2) is 9.18 Å². The number of aliphatic hydroxyl groups is 1. The molecule has 1 aromatic heterocycles. The number of halogens is 7. The van der Waals surface area contributed by atoms with Gasteiger partial charge in [0.05, 0.1) is 12.6 Å². The number of carboxylic acid groups (broad SMARTS) is 1. The number of β-amino-alcohol motifs (C(OH)–C–C–N with tert-alkyl or cyclic N) is 1. The van der Waals surface area contributed by atoms with Crippen LogP contribution in [0.25, 0.3) is 0 Å². The van der Waals surface area contributed by atoms with Gasteiger partial charge < -0.3 is 15.5 Å². The van der Waals surface area contributed by atoms with Gasteiger partial charge >= 0.3 is 24.1 Å². The van der Waals surface area contributed by atoms with Gasteiger partial charge in [-0.2, -0.15) is 26.3 Å². The van der Waals surface area contributed by atoms with Gasteiger partial charge in [-0.1, -0.05) is 37.5 Å². The fourth-order valence-corrected chi connectivity index (χ4v) is 5.65. The summed E-state index contributed by atoms with van der Waals surface area (Å²) in [5, 5.41) is 22.7. The van der Waals surface area contributed by atoms with Crippen LogP contribution in [0.5, 0.6) is 0 Å². The van der Waals surface area contributed by atoms with Crippen LogP contribution in [-0.4, -0.2) is 75.1 Å². The quantitative estimate of drug-likeness (QED) is 0.369. The number of pyridine rings is 1. The first-order valence-electron chi connectivity index (χ1n) is 13.7. The lowest BCUT2D eigenvalue weighted by Crippen LogP contribution is -2.53. The Kier molecular flexibility index (Phi) is 9.42. The molecule has 1 saturated heterocycles. The van der Waals surface area contributed by atoms with Crippen molar-refractivity contribution < 1.29 is 55.3 Å². The zero-order chi connectivity index (χ0) is 32.4. The van der Waals surface area contributed by atoms with Crippen molar-refractivity contribution >= 4 is 23.6 Å². The third-order valence-corrected chi connectivity index (χ3v) is 7.83. The molecule has 1 aromatic carbocycles. The number of hydrogen-bond donors (Lipinski definition) is 3. The van der Waals surface area contributed by atoms with E-state index in [2.05, 4.69) is 10.3 Å². The van der Waals surface area contributed by atoms with Gasteiger partial charge in [0, 0.05) is 41.7 Å². The van der Waals surface area contributed by atoms with Gasteiger partial charge in [-0.3, -0.25) is 24.4 Å². The molecule has 1 unspecified atom stereocenters. The largest absolute Gasteiger partial charge is 0.465 e. The molecule has 3 amide bonds. The fraction of sp³-hybridized carbons (Fsp3) is 0.500. The molecule has 16 heteroatoms. The maximum Gasteiger partial charge on any atom is 0.435 e. The molecule has 44 heavy (non-hydrogen) atoms. The summed E-state index contributed by atoms with van der Waals surface area (Å²) in [6.07, 6.45) is -9.67. The highest BCUT2D eigenvalue weighted by atomic mass is 19.4. The molecule has 1 aliphatic carbocycles. The SMILES string of the molecule is O=C(NC1CCCCC1)C(c1cccnc1)N(C(=O)[C@H]1C[C@@H](O)CN1C(=O)O)c1ccc(C(F)(C(F)(F)F)C(F)(F)F)cc1. The number of likely N-dealkylation sites (tertiary alicyclic amines) is 1.